The molecule has 0 spiro atoms. The highest BCUT2D eigenvalue weighted by atomic mass is 35.5. The van der Waals surface area contributed by atoms with Crippen molar-refractivity contribution in [3.63, 3.8) is 0 Å². The van der Waals surface area contributed by atoms with E-state index in [4.69, 9.17) is 16.3 Å². The van der Waals surface area contributed by atoms with Gasteiger partial charge in [-0.25, -0.2) is 13.4 Å². The van der Waals surface area contributed by atoms with E-state index in [1.165, 1.54) is 6.20 Å². The lowest BCUT2D eigenvalue weighted by atomic mass is 10.2. The minimum Gasteiger partial charge on any atom is -0.494 e. The van der Waals surface area contributed by atoms with Crippen LogP contribution >= 0.6 is 11.6 Å². The summed E-state index contributed by atoms with van der Waals surface area (Å²) in [5, 5.41) is 17.7. The number of rotatable bonds is 8. The Labute approximate surface area is 215 Å². The van der Waals surface area contributed by atoms with Gasteiger partial charge >= 0.3 is 0 Å². The molecule has 0 aliphatic heterocycles. The highest BCUT2D eigenvalue weighted by Gasteiger charge is 2.23. The lowest BCUT2D eigenvalue weighted by Crippen LogP contribution is -2.15. The SMILES string of the molecule is CC(C)Oc1cc2cn(C)c(O)c2cc1Nc1ncc(Cl)c(Nc2ccccc2S(=O)(=O)C(C)C)n1. The number of ether oxygens (including phenoxy) is 1. The first kappa shape index (κ1) is 25.6. The van der Waals surface area contributed by atoms with Gasteiger partial charge in [-0.05, 0) is 52.0 Å². The molecule has 0 aliphatic carbocycles. The van der Waals surface area contributed by atoms with E-state index in [0.717, 1.165) is 5.39 Å². The number of nitrogens with one attached hydrogen (secondary N) is 2. The summed E-state index contributed by atoms with van der Waals surface area (Å²) in [6, 6.07) is 10.2. The van der Waals surface area contributed by atoms with Crippen molar-refractivity contribution in [2.75, 3.05) is 10.6 Å². The van der Waals surface area contributed by atoms with Gasteiger partial charge in [0.25, 0.3) is 0 Å². The average molecular weight is 530 g/mol. The summed E-state index contributed by atoms with van der Waals surface area (Å²) < 4.78 is 33.3. The number of halogens is 1. The van der Waals surface area contributed by atoms with E-state index in [2.05, 4.69) is 20.6 Å². The normalized spacial score (nSPS) is 11.9. The van der Waals surface area contributed by atoms with Crippen LogP contribution in [0.3, 0.4) is 0 Å². The minimum atomic E-state index is -3.55. The Bertz CT molecular complexity index is 1530. The summed E-state index contributed by atoms with van der Waals surface area (Å²) in [6.07, 6.45) is 3.13. The van der Waals surface area contributed by atoms with E-state index in [1.54, 1.807) is 55.8 Å². The second-order valence-electron chi connectivity index (χ2n) is 8.90. The molecule has 9 nitrogen and oxygen atoms in total. The van der Waals surface area contributed by atoms with Crippen LogP contribution in [0.1, 0.15) is 27.7 Å². The fourth-order valence-electron chi connectivity index (χ4n) is 3.64. The number of hydrogen-bond acceptors (Lipinski definition) is 8. The molecule has 0 unspecified atom stereocenters. The predicted octanol–water partition coefficient (Wildman–Crippen LogP) is 5.78. The maximum absolute atomic E-state index is 12.8. The van der Waals surface area contributed by atoms with Crippen molar-refractivity contribution >= 4 is 55.4 Å². The molecule has 0 atom stereocenters. The van der Waals surface area contributed by atoms with Crippen LogP contribution in [0.25, 0.3) is 10.8 Å². The van der Waals surface area contributed by atoms with Gasteiger partial charge in [0.1, 0.15) is 10.8 Å². The minimum absolute atomic E-state index is 0.0944. The quantitative estimate of drug-likeness (QED) is 0.263. The number of para-hydroxylation sites is 1. The zero-order valence-corrected chi connectivity index (χ0v) is 22.1. The molecule has 0 fully saturated rings. The first-order chi connectivity index (χ1) is 17.0. The summed E-state index contributed by atoms with van der Waals surface area (Å²) >= 11 is 6.35. The smallest absolute Gasteiger partial charge is 0.229 e. The fourth-order valence-corrected chi connectivity index (χ4v) is 4.98. The van der Waals surface area contributed by atoms with E-state index in [9.17, 15) is 13.5 Å². The molecule has 0 saturated heterocycles. The van der Waals surface area contributed by atoms with Gasteiger partial charge in [-0.15, -0.1) is 0 Å². The Morgan fingerprint density at radius 3 is 2.50 bits per heavy atom. The van der Waals surface area contributed by atoms with E-state index in [-0.39, 0.29) is 33.7 Å². The second kappa shape index (κ2) is 9.87. The van der Waals surface area contributed by atoms with Gasteiger partial charge in [0.15, 0.2) is 21.5 Å². The van der Waals surface area contributed by atoms with E-state index >= 15 is 0 Å². The number of sulfone groups is 1. The van der Waals surface area contributed by atoms with Crippen molar-refractivity contribution in [3.8, 4) is 11.6 Å². The van der Waals surface area contributed by atoms with Crippen LogP contribution < -0.4 is 15.4 Å². The molecule has 2 aromatic heterocycles. The van der Waals surface area contributed by atoms with Gasteiger partial charge in [-0.1, -0.05) is 23.7 Å². The Balaban J connectivity index is 1.72. The average Bonchev–Trinajstić information content (AvgIpc) is 3.08. The van der Waals surface area contributed by atoms with Gasteiger partial charge in [-0.2, -0.15) is 4.98 Å². The number of aromatic nitrogens is 3. The molecule has 2 aromatic carbocycles. The highest BCUT2D eigenvalue weighted by Crippen LogP contribution is 2.38. The van der Waals surface area contributed by atoms with Crippen molar-refractivity contribution in [2.24, 2.45) is 7.05 Å². The van der Waals surface area contributed by atoms with E-state index < -0.39 is 15.1 Å². The van der Waals surface area contributed by atoms with Gasteiger partial charge in [0, 0.05) is 24.0 Å². The lowest BCUT2D eigenvalue weighted by molar-refractivity contribution is 0.244. The molecule has 0 bridgehead atoms. The van der Waals surface area contributed by atoms with Crippen LogP contribution in [0.4, 0.5) is 23.1 Å². The number of anilines is 4. The van der Waals surface area contributed by atoms with Crippen molar-refractivity contribution in [1.82, 2.24) is 14.5 Å². The summed E-state index contributed by atoms with van der Waals surface area (Å²) in [4.78, 5) is 8.90. The zero-order valence-electron chi connectivity index (χ0n) is 20.6. The fraction of sp³-hybridized carbons (Fsp3) is 0.280. The molecule has 11 heteroatoms. The summed E-state index contributed by atoms with van der Waals surface area (Å²) in [5.74, 6) is 1.11. The molecular weight excluding hydrogens is 502 g/mol. The number of benzene rings is 2. The number of fused-ring (bicyclic) bond motifs is 1. The maximum atomic E-state index is 12.8. The van der Waals surface area contributed by atoms with Gasteiger partial charge in [0.2, 0.25) is 5.95 Å². The largest absolute Gasteiger partial charge is 0.494 e. The zero-order chi connectivity index (χ0) is 26.2. The molecule has 0 saturated carbocycles. The highest BCUT2D eigenvalue weighted by molar-refractivity contribution is 7.92. The standard InChI is InChI=1S/C25H28ClN5O4S/c1-14(2)35-21-10-16-13-31(5)24(32)17(16)11-20(21)29-25-27-12-18(26)23(30-25)28-19-8-6-7-9-22(19)36(33,34)15(3)4/h6-15,32H,1-5H3,(H2,27,28,29,30). The monoisotopic (exact) mass is 529 g/mol. The third-order valence-electron chi connectivity index (χ3n) is 5.48. The Morgan fingerprint density at radius 1 is 1.08 bits per heavy atom. The molecule has 2 heterocycles. The van der Waals surface area contributed by atoms with Crippen LogP contribution in [0, 0.1) is 0 Å². The van der Waals surface area contributed by atoms with Crippen molar-refractivity contribution in [2.45, 2.75) is 43.9 Å². The van der Waals surface area contributed by atoms with Crippen LogP contribution in [-0.4, -0.2) is 39.4 Å². The van der Waals surface area contributed by atoms with Crippen molar-refractivity contribution in [1.29, 1.82) is 0 Å². The Morgan fingerprint density at radius 2 is 1.81 bits per heavy atom. The van der Waals surface area contributed by atoms with Gasteiger partial charge in [0.05, 0.1) is 33.8 Å². The molecule has 4 aromatic rings. The van der Waals surface area contributed by atoms with Crippen molar-refractivity contribution in [3.05, 3.63) is 53.8 Å². The van der Waals surface area contributed by atoms with E-state index in [0.29, 0.717) is 22.5 Å². The third kappa shape index (κ3) is 5.05. The molecule has 0 aliphatic rings. The molecule has 4 rings (SSSR count). The summed E-state index contributed by atoms with van der Waals surface area (Å²) in [7, 11) is -1.79. The van der Waals surface area contributed by atoms with Crippen molar-refractivity contribution < 1.29 is 18.3 Å². The van der Waals surface area contributed by atoms with Crippen LogP contribution in [0.2, 0.25) is 5.02 Å². The molecule has 36 heavy (non-hydrogen) atoms. The Kier molecular flexibility index (Phi) is 7.01. The number of nitrogens with zero attached hydrogens (tertiary/aromatic N) is 3. The third-order valence-corrected chi connectivity index (χ3v) is 7.97. The van der Waals surface area contributed by atoms with E-state index in [1.807, 2.05) is 26.1 Å². The molecule has 0 amide bonds. The number of hydrogen-bond donors (Lipinski definition) is 3. The molecular formula is C25H28ClN5O4S. The molecule has 190 valence electrons. The topological polar surface area (TPSA) is 118 Å². The first-order valence-corrected chi connectivity index (χ1v) is 13.3. The summed E-state index contributed by atoms with van der Waals surface area (Å²) in [5.41, 5.74) is 0.908. The van der Waals surface area contributed by atoms with Crippen LogP contribution in [-0.2, 0) is 16.9 Å². The molecule has 3 N–H and O–H groups in total. The van der Waals surface area contributed by atoms with Gasteiger partial charge in [-0.3, -0.25) is 0 Å². The second-order valence-corrected chi connectivity index (χ2v) is 11.8. The van der Waals surface area contributed by atoms with Crippen LogP contribution in [0.15, 0.2) is 53.7 Å². The number of aryl methyl sites for hydroxylation is 1. The first-order valence-electron chi connectivity index (χ1n) is 11.4. The number of aromatic hydroxyl groups is 1. The van der Waals surface area contributed by atoms with Crippen LogP contribution in [0.5, 0.6) is 11.6 Å². The Hall–Kier alpha value is -3.50. The lowest BCUT2D eigenvalue weighted by Gasteiger charge is -2.17. The maximum Gasteiger partial charge on any atom is 0.229 e. The van der Waals surface area contributed by atoms with Gasteiger partial charge < -0.3 is 25.0 Å². The molecule has 0 radical (unpaired) electrons. The summed E-state index contributed by atoms with van der Waals surface area (Å²) in [6.45, 7) is 7.09. The predicted molar refractivity (Wildman–Crippen MR) is 143 cm³/mol.